The molecule has 3 amide bonds. The van der Waals surface area contributed by atoms with Crippen LogP contribution in [0.15, 0.2) is 48.8 Å². The molecule has 1 unspecified atom stereocenters. The zero-order chi connectivity index (χ0) is 17.1. The summed E-state index contributed by atoms with van der Waals surface area (Å²) < 4.78 is 0. The molecule has 1 aliphatic heterocycles. The first-order valence-corrected chi connectivity index (χ1v) is 7.16. The molecule has 3 N–H and O–H groups in total. The summed E-state index contributed by atoms with van der Waals surface area (Å²) in [5.41, 5.74) is 1.26. The van der Waals surface area contributed by atoms with Crippen LogP contribution in [0.4, 0.5) is 10.5 Å². The van der Waals surface area contributed by atoms with Gasteiger partial charge in [0.15, 0.2) is 0 Å². The first-order chi connectivity index (χ1) is 11.6. The maximum Gasteiger partial charge on any atom is 0.347 e. The topological polar surface area (TPSA) is 112 Å². The number of carbonyl (C=O) groups excluding carboxylic acids is 2. The lowest BCUT2D eigenvalue weighted by molar-refractivity contribution is -0.139. The number of amides is 3. The van der Waals surface area contributed by atoms with E-state index in [1.165, 1.54) is 12.1 Å². The van der Waals surface area contributed by atoms with Crippen molar-refractivity contribution < 1.29 is 19.5 Å². The largest absolute Gasteiger partial charge is 0.478 e. The highest BCUT2D eigenvalue weighted by atomic mass is 16.4. The molecular formula is C16H14N4O4. The van der Waals surface area contributed by atoms with E-state index in [9.17, 15) is 19.5 Å². The van der Waals surface area contributed by atoms with Gasteiger partial charge in [0.25, 0.3) is 5.91 Å². The van der Waals surface area contributed by atoms with Gasteiger partial charge in [-0.15, -0.1) is 0 Å². The second kappa shape index (κ2) is 6.37. The number of urea groups is 1. The monoisotopic (exact) mass is 326 g/mol. The lowest BCUT2D eigenvalue weighted by Crippen LogP contribution is -2.61. The van der Waals surface area contributed by atoms with Crippen LogP contribution in [0.3, 0.4) is 0 Å². The van der Waals surface area contributed by atoms with E-state index in [1.54, 1.807) is 36.7 Å². The molecule has 0 fully saturated rings. The van der Waals surface area contributed by atoms with E-state index >= 15 is 0 Å². The standard InChI is InChI=1S/C16H14N4O4/c21-14-11-5-1-2-6-12(11)20(13(19-14)15(22)23)16(24)18-9-10-4-3-7-17-8-10/h1-8,13H,9H2,(H,18,24)(H,19,21)(H,22,23). The summed E-state index contributed by atoms with van der Waals surface area (Å²) in [6.07, 6.45) is 1.74. The summed E-state index contributed by atoms with van der Waals surface area (Å²) in [5, 5.41) is 14.3. The van der Waals surface area contributed by atoms with Gasteiger partial charge in [0.2, 0.25) is 6.17 Å². The maximum absolute atomic E-state index is 12.5. The number of aromatic nitrogens is 1. The number of hydrogen-bond acceptors (Lipinski definition) is 4. The Hall–Kier alpha value is -3.42. The maximum atomic E-state index is 12.5. The number of anilines is 1. The molecule has 8 heteroatoms. The van der Waals surface area contributed by atoms with Gasteiger partial charge in [0, 0.05) is 18.9 Å². The minimum atomic E-state index is -1.47. The van der Waals surface area contributed by atoms with Crippen molar-refractivity contribution in [1.29, 1.82) is 0 Å². The molecule has 24 heavy (non-hydrogen) atoms. The number of carboxylic acids is 1. The van der Waals surface area contributed by atoms with Crippen molar-refractivity contribution in [2.45, 2.75) is 12.7 Å². The molecule has 2 aromatic rings. The predicted octanol–water partition coefficient (Wildman–Crippen LogP) is 0.952. The van der Waals surface area contributed by atoms with E-state index in [0.717, 1.165) is 10.5 Å². The van der Waals surface area contributed by atoms with Crippen molar-refractivity contribution >= 4 is 23.6 Å². The molecule has 1 aromatic heterocycles. The fraction of sp³-hybridized carbons (Fsp3) is 0.125. The van der Waals surface area contributed by atoms with Crippen LogP contribution in [0.5, 0.6) is 0 Å². The van der Waals surface area contributed by atoms with E-state index in [1.807, 2.05) is 0 Å². The van der Waals surface area contributed by atoms with E-state index in [4.69, 9.17) is 0 Å². The molecule has 1 aliphatic rings. The highest BCUT2D eigenvalue weighted by Gasteiger charge is 2.38. The zero-order valence-corrected chi connectivity index (χ0v) is 12.5. The third-order valence-electron chi connectivity index (χ3n) is 3.55. The molecule has 122 valence electrons. The van der Waals surface area contributed by atoms with E-state index < -0.39 is 24.1 Å². The van der Waals surface area contributed by atoms with Crippen molar-refractivity contribution in [3.63, 3.8) is 0 Å². The normalized spacial score (nSPS) is 16.1. The number of fused-ring (bicyclic) bond motifs is 1. The number of pyridine rings is 1. The smallest absolute Gasteiger partial charge is 0.347 e. The molecule has 0 saturated carbocycles. The average Bonchev–Trinajstić information content (AvgIpc) is 2.60. The van der Waals surface area contributed by atoms with Crippen LogP contribution in [0, 0.1) is 0 Å². The van der Waals surface area contributed by atoms with Crippen LogP contribution in [-0.4, -0.2) is 34.2 Å². The van der Waals surface area contributed by atoms with Gasteiger partial charge in [-0.1, -0.05) is 18.2 Å². The lowest BCUT2D eigenvalue weighted by Gasteiger charge is -2.34. The van der Waals surface area contributed by atoms with Gasteiger partial charge in [0.1, 0.15) is 0 Å². The molecule has 0 bridgehead atoms. The van der Waals surface area contributed by atoms with Crippen molar-refractivity contribution in [2.24, 2.45) is 0 Å². The first-order valence-electron chi connectivity index (χ1n) is 7.16. The number of aliphatic carboxylic acids is 1. The number of para-hydroxylation sites is 1. The summed E-state index contributed by atoms with van der Waals surface area (Å²) >= 11 is 0. The average molecular weight is 326 g/mol. The summed E-state index contributed by atoms with van der Waals surface area (Å²) in [4.78, 5) is 41.0. The summed E-state index contributed by atoms with van der Waals surface area (Å²) in [5.74, 6) is -1.86. The van der Waals surface area contributed by atoms with Gasteiger partial charge < -0.3 is 15.7 Å². The van der Waals surface area contributed by atoms with Crippen molar-refractivity contribution in [3.05, 3.63) is 59.9 Å². The molecule has 1 atom stereocenters. The number of carbonyl (C=O) groups is 3. The van der Waals surface area contributed by atoms with Crippen LogP contribution in [-0.2, 0) is 11.3 Å². The van der Waals surface area contributed by atoms with Crippen molar-refractivity contribution in [3.8, 4) is 0 Å². The highest BCUT2D eigenvalue weighted by Crippen LogP contribution is 2.26. The Bertz CT molecular complexity index is 794. The van der Waals surface area contributed by atoms with Gasteiger partial charge in [0.05, 0.1) is 11.3 Å². The number of carboxylic acid groups (broad SMARTS) is 1. The second-order valence-corrected chi connectivity index (χ2v) is 5.12. The highest BCUT2D eigenvalue weighted by molar-refractivity contribution is 6.11. The SMILES string of the molecule is O=C1NC(C(=O)O)N(C(=O)NCc2cccnc2)c2ccccc21. The summed E-state index contributed by atoms with van der Waals surface area (Å²) in [6, 6.07) is 9.24. The molecule has 8 nitrogen and oxygen atoms in total. The van der Waals surface area contributed by atoms with Crippen LogP contribution < -0.4 is 15.5 Å². The van der Waals surface area contributed by atoms with Crippen molar-refractivity contribution in [1.82, 2.24) is 15.6 Å². The van der Waals surface area contributed by atoms with Crippen LogP contribution in [0.25, 0.3) is 0 Å². The predicted molar refractivity (Wildman–Crippen MR) is 84.3 cm³/mol. The van der Waals surface area contributed by atoms with Crippen LogP contribution in [0.1, 0.15) is 15.9 Å². The Morgan fingerprint density at radius 2 is 2.04 bits per heavy atom. The number of nitrogens with zero attached hydrogens (tertiary/aromatic N) is 2. The molecule has 1 aromatic carbocycles. The molecule has 0 radical (unpaired) electrons. The quantitative estimate of drug-likeness (QED) is 0.777. The second-order valence-electron chi connectivity index (χ2n) is 5.12. The van der Waals surface area contributed by atoms with E-state index in [2.05, 4.69) is 15.6 Å². The first kappa shape index (κ1) is 15.5. The Morgan fingerprint density at radius 1 is 1.25 bits per heavy atom. The summed E-state index contributed by atoms with van der Waals surface area (Å²) in [7, 11) is 0. The summed E-state index contributed by atoms with van der Waals surface area (Å²) in [6.45, 7) is 0.186. The molecule has 2 heterocycles. The molecule has 0 aliphatic carbocycles. The van der Waals surface area contributed by atoms with Crippen molar-refractivity contribution in [2.75, 3.05) is 4.90 Å². The number of rotatable bonds is 3. The van der Waals surface area contributed by atoms with E-state index in [0.29, 0.717) is 0 Å². The van der Waals surface area contributed by atoms with Gasteiger partial charge in [-0.05, 0) is 23.8 Å². The Kier molecular flexibility index (Phi) is 4.11. The Balaban J connectivity index is 1.87. The minimum Gasteiger partial charge on any atom is -0.478 e. The number of nitrogens with one attached hydrogen (secondary N) is 2. The minimum absolute atomic E-state index is 0.186. The molecule has 3 rings (SSSR count). The number of hydrogen-bond donors (Lipinski definition) is 3. The van der Waals surface area contributed by atoms with Gasteiger partial charge in [-0.25, -0.2) is 9.59 Å². The zero-order valence-electron chi connectivity index (χ0n) is 12.5. The third kappa shape index (κ3) is 2.89. The Labute approximate surface area is 137 Å². The lowest BCUT2D eigenvalue weighted by atomic mass is 10.1. The van der Waals surface area contributed by atoms with Gasteiger partial charge in [-0.3, -0.25) is 14.7 Å². The molecule has 0 spiro atoms. The van der Waals surface area contributed by atoms with Gasteiger partial charge in [-0.2, -0.15) is 0 Å². The Morgan fingerprint density at radius 3 is 2.75 bits per heavy atom. The molecule has 0 saturated heterocycles. The van der Waals surface area contributed by atoms with Crippen LogP contribution >= 0.6 is 0 Å². The third-order valence-corrected chi connectivity index (χ3v) is 3.55. The molecular weight excluding hydrogens is 312 g/mol. The fourth-order valence-electron chi connectivity index (χ4n) is 2.45. The fourth-order valence-corrected chi connectivity index (χ4v) is 2.45. The van der Waals surface area contributed by atoms with Crippen LogP contribution in [0.2, 0.25) is 0 Å². The van der Waals surface area contributed by atoms with E-state index in [-0.39, 0.29) is 17.8 Å². The number of benzene rings is 1. The van der Waals surface area contributed by atoms with Gasteiger partial charge >= 0.3 is 12.0 Å².